The summed E-state index contributed by atoms with van der Waals surface area (Å²) >= 11 is 0. The third-order valence-electron chi connectivity index (χ3n) is 4.11. The molecule has 0 bridgehead atoms. The van der Waals surface area contributed by atoms with Gasteiger partial charge in [-0.1, -0.05) is 44.8 Å². The number of carboxylic acid groups (broad SMARTS) is 2. The van der Waals surface area contributed by atoms with Gasteiger partial charge >= 0.3 is 11.9 Å². The highest BCUT2D eigenvalue weighted by atomic mass is 16.4. The SMILES string of the molecule is CCCCC=CC(CCCCCC(=O)O)C(CC(O)CO)C(=O)O. The summed E-state index contributed by atoms with van der Waals surface area (Å²) in [5.41, 5.74) is 0. The molecule has 0 aliphatic rings. The van der Waals surface area contributed by atoms with Gasteiger partial charge in [-0.15, -0.1) is 0 Å². The number of aliphatic hydroxyl groups is 2. The lowest BCUT2D eigenvalue weighted by molar-refractivity contribution is -0.144. The largest absolute Gasteiger partial charge is 0.481 e. The van der Waals surface area contributed by atoms with E-state index >= 15 is 0 Å². The third-order valence-corrected chi connectivity index (χ3v) is 4.11. The normalized spacial score (nSPS) is 15.3. The van der Waals surface area contributed by atoms with Gasteiger partial charge in [0.2, 0.25) is 0 Å². The Kier molecular flexibility index (Phi) is 13.2. The lowest BCUT2D eigenvalue weighted by atomic mass is 9.83. The first kappa shape index (κ1) is 22.6. The molecule has 4 N–H and O–H groups in total. The van der Waals surface area contributed by atoms with E-state index in [-0.39, 0.29) is 18.8 Å². The van der Waals surface area contributed by atoms with Crippen LogP contribution in [-0.2, 0) is 9.59 Å². The summed E-state index contributed by atoms with van der Waals surface area (Å²) < 4.78 is 0. The van der Waals surface area contributed by atoms with Gasteiger partial charge in [0, 0.05) is 6.42 Å². The van der Waals surface area contributed by atoms with Crippen molar-refractivity contribution in [3.63, 3.8) is 0 Å². The van der Waals surface area contributed by atoms with Gasteiger partial charge in [0.25, 0.3) is 0 Å². The average molecular weight is 344 g/mol. The molecule has 6 heteroatoms. The van der Waals surface area contributed by atoms with Crippen molar-refractivity contribution in [3.05, 3.63) is 12.2 Å². The molecule has 3 unspecified atom stereocenters. The monoisotopic (exact) mass is 344 g/mol. The number of hydrogen-bond acceptors (Lipinski definition) is 4. The summed E-state index contributed by atoms with van der Waals surface area (Å²) in [6.45, 7) is 1.64. The van der Waals surface area contributed by atoms with Crippen LogP contribution in [0.4, 0.5) is 0 Å². The van der Waals surface area contributed by atoms with E-state index in [0.717, 1.165) is 32.1 Å². The molecule has 24 heavy (non-hydrogen) atoms. The smallest absolute Gasteiger partial charge is 0.307 e. The van der Waals surface area contributed by atoms with Crippen molar-refractivity contribution >= 4 is 11.9 Å². The zero-order chi connectivity index (χ0) is 18.4. The summed E-state index contributed by atoms with van der Waals surface area (Å²) in [4.78, 5) is 22.1. The molecule has 0 radical (unpaired) electrons. The molecule has 0 aliphatic heterocycles. The Morgan fingerprint density at radius 3 is 2.33 bits per heavy atom. The first-order valence-corrected chi connectivity index (χ1v) is 8.82. The van der Waals surface area contributed by atoms with Crippen molar-refractivity contribution in [1.29, 1.82) is 0 Å². The van der Waals surface area contributed by atoms with Crippen LogP contribution in [0.25, 0.3) is 0 Å². The van der Waals surface area contributed by atoms with Crippen LogP contribution in [0.15, 0.2) is 12.2 Å². The number of unbranched alkanes of at least 4 members (excludes halogenated alkanes) is 4. The lowest BCUT2D eigenvalue weighted by Gasteiger charge is -2.23. The number of carboxylic acids is 2. The van der Waals surface area contributed by atoms with E-state index < -0.39 is 30.6 Å². The molecule has 0 fully saturated rings. The topological polar surface area (TPSA) is 115 Å². The summed E-state index contributed by atoms with van der Waals surface area (Å²) in [7, 11) is 0. The van der Waals surface area contributed by atoms with Gasteiger partial charge in [0.1, 0.15) is 0 Å². The van der Waals surface area contributed by atoms with Crippen molar-refractivity contribution in [3.8, 4) is 0 Å². The van der Waals surface area contributed by atoms with Crippen molar-refractivity contribution in [2.75, 3.05) is 6.61 Å². The molecule has 0 amide bonds. The Balaban J connectivity index is 4.70. The average Bonchev–Trinajstić information content (AvgIpc) is 2.53. The van der Waals surface area contributed by atoms with Crippen LogP contribution in [-0.4, -0.2) is 45.1 Å². The van der Waals surface area contributed by atoms with Gasteiger partial charge in [0.15, 0.2) is 0 Å². The number of aliphatic carboxylic acids is 2. The predicted molar refractivity (Wildman–Crippen MR) is 91.7 cm³/mol. The molecular weight excluding hydrogens is 312 g/mol. The van der Waals surface area contributed by atoms with Crippen LogP contribution in [0.2, 0.25) is 0 Å². The molecule has 0 heterocycles. The number of allylic oxidation sites excluding steroid dienone is 2. The van der Waals surface area contributed by atoms with Crippen LogP contribution >= 0.6 is 0 Å². The van der Waals surface area contributed by atoms with E-state index in [1.54, 1.807) is 0 Å². The molecule has 6 nitrogen and oxygen atoms in total. The van der Waals surface area contributed by atoms with E-state index in [0.29, 0.717) is 12.8 Å². The standard InChI is InChI=1S/C18H32O6/c1-2-3-4-6-9-14(10-7-5-8-11-17(21)22)16(18(23)24)12-15(20)13-19/h6,9,14-16,19-20H,2-5,7-8,10-13H2,1H3,(H,21,22)(H,23,24). The molecule has 140 valence electrons. The van der Waals surface area contributed by atoms with E-state index in [1.165, 1.54) is 0 Å². The number of hydrogen-bond donors (Lipinski definition) is 4. The molecular formula is C18H32O6. The fraction of sp³-hybridized carbons (Fsp3) is 0.778. The molecule has 0 aromatic carbocycles. The highest BCUT2D eigenvalue weighted by molar-refractivity contribution is 5.70. The molecule has 0 aromatic rings. The third kappa shape index (κ3) is 11.2. The van der Waals surface area contributed by atoms with E-state index in [9.17, 15) is 19.8 Å². The molecule has 0 rings (SSSR count). The second-order valence-corrected chi connectivity index (χ2v) is 6.24. The zero-order valence-corrected chi connectivity index (χ0v) is 14.6. The molecule has 0 saturated heterocycles. The minimum Gasteiger partial charge on any atom is -0.481 e. The van der Waals surface area contributed by atoms with Gasteiger partial charge in [-0.3, -0.25) is 9.59 Å². The molecule has 0 aromatic heterocycles. The van der Waals surface area contributed by atoms with Gasteiger partial charge in [0.05, 0.1) is 18.6 Å². The molecule has 0 spiro atoms. The van der Waals surface area contributed by atoms with E-state index in [1.807, 2.05) is 12.2 Å². The van der Waals surface area contributed by atoms with E-state index in [2.05, 4.69) is 6.92 Å². The van der Waals surface area contributed by atoms with Crippen LogP contribution < -0.4 is 0 Å². The Hall–Kier alpha value is -1.40. The van der Waals surface area contributed by atoms with Gasteiger partial charge < -0.3 is 20.4 Å². The first-order valence-electron chi connectivity index (χ1n) is 8.82. The second kappa shape index (κ2) is 14.0. The minimum absolute atomic E-state index is 0.0176. The van der Waals surface area contributed by atoms with Gasteiger partial charge in [-0.05, 0) is 31.6 Å². The Bertz CT molecular complexity index is 380. The maximum absolute atomic E-state index is 11.6. The van der Waals surface area contributed by atoms with Gasteiger partial charge in [-0.2, -0.15) is 0 Å². The maximum atomic E-state index is 11.6. The predicted octanol–water partition coefficient (Wildman–Crippen LogP) is 2.83. The number of carbonyl (C=O) groups is 2. The highest BCUT2D eigenvalue weighted by Crippen LogP contribution is 2.26. The highest BCUT2D eigenvalue weighted by Gasteiger charge is 2.28. The fourth-order valence-corrected chi connectivity index (χ4v) is 2.68. The molecule has 0 aliphatic carbocycles. The van der Waals surface area contributed by atoms with Crippen LogP contribution in [0.3, 0.4) is 0 Å². The van der Waals surface area contributed by atoms with Crippen LogP contribution in [0.5, 0.6) is 0 Å². The Labute approximate surface area is 144 Å². The van der Waals surface area contributed by atoms with Crippen LogP contribution in [0, 0.1) is 11.8 Å². The molecule has 0 saturated carbocycles. The Morgan fingerprint density at radius 1 is 1.08 bits per heavy atom. The molecule has 3 atom stereocenters. The summed E-state index contributed by atoms with van der Waals surface area (Å²) in [6.07, 6.45) is 8.71. The zero-order valence-electron chi connectivity index (χ0n) is 14.6. The maximum Gasteiger partial charge on any atom is 0.307 e. The second-order valence-electron chi connectivity index (χ2n) is 6.24. The van der Waals surface area contributed by atoms with Crippen molar-refractivity contribution in [1.82, 2.24) is 0 Å². The van der Waals surface area contributed by atoms with E-state index in [4.69, 9.17) is 10.2 Å². The fourth-order valence-electron chi connectivity index (χ4n) is 2.68. The summed E-state index contributed by atoms with van der Waals surface area (Å²) in [5, 5.41) is 36.7. The van der Waals surface area contributed by atoms with Crippen LogP contribution in [0.1, 0.15) is 64.7 Å². The first-order chi connectivity index (χ1) is 11.4. The lowest BCUT2D eigenvalue weighted by Crippen LogP contribution is -2.28. The van der Waals surface area contributed by atoms with Crippen molar-refractivity contribution in [2.24, 2.45) is 11.8 Å². The van der Waals surface area contributed by atoms with Crippen molar-refractivity contribution < 1.29 is 30.0 Å². The summed E-state index contributed by atoms with van der Waals surface area (Å²) in [6, 6.07) is 0. The summed E-state index contributed by atoms with van der Waals surface area (Å²) in [5.74, 6) is -2.76. The quantitative estimate of drug-likeness (QED) is 0.268. The number of rotatable bonds is 15. The Morgan fingerprint density at radius 2 is 1.79 bits per heavy atom. The minimum atomic E-state index is -1.04. The number of aliphatic hydroxyl groups excluding tert-OH is 2. The van der Waals surface area contributed by atoms with Crippen molar-refractivity contribution in [2.45, 2.75) is 70.8 Å². The van der Waals surface area contributed by atoms with Gasteiger partial charge in [-0.25, -0.2) is 0 Å².